The molecular weight excluding hydrogens is 218 g/mol. The van der Waals surface area contributed by atoms with Crippen molar-refractivity contribution in [2.45, 2.75) is 0 Å². The molecular formula is C13H11NO3. The summed E-state index contributed by atoms with van der Waals surface area (Å²) in [6.07, 6.45) is 0. The number of aromatic carboxylic acids is 1. The molecule has 0 spiro atoms. The molecule has 0 radical (unpaired) electrons. The van der Waals surface area contributed by atoms with E-state index in [2.05, 4.69) is 6.57 Å². The quantitative estimate of drug-likeness (QED) is 0.859. The molecule has 2 rings (SSSR count). The molecule has 0 amide bonds. The number of carboxylic acid groups (broad SMARTS) is 1. The van der Waals surface area contributed by atoms with Crippen molar-refractivity contribution in [3.63, 3.8) is 0 Å². The highest BCUT2D eigenvalue weighted by atomic mass is 16.5. The Labute approximate surface area is 98.7 Å². The fourth-order valence-electron chi connectivity index (χ4n) is 1.48. The molecule has 2 aromatic carbocycles. The van der Waals surface area contributed by atoms with E-state index in [1.807, 2.05) is 18.2 Å². The zero-order valence-electron chi connectivity index (χ0n) is 9.25. The molecule has 0 bridgehead atoms. The number of carbonyl (C=O) groups is 1. The van der Waals surface area contributed by atoms with Crippen LogP contribution in [0.3, 0.4) is 0 Å². The molecule has 0 aliphatic rings. The number of hydrogen-bond donors (Lipinski definition) is 1. The molecule has 17 heavy (non-hydrogen) atoms. The van der Waals surface area contributed by atoms with Crippen molar-refractivity contribution in [2.24, 2.45) is 0 Å². The van der Waals surface area contributed by atoms with Crippen molar-refractivity contribution in [3.05, 3.63) is 42.0 Å². The number of nitriles is 1. The molecule has 0 aliphatic heterocycles. The van der Waals surface area contributed by atoms with Crippen LogP contribution in [0.25, 0.3) is 10.8 Å². The van der Waals surface area contributed by atoms with E-state index in [0.717, 1.165) is 16.5 Å². The Morgan fingerprint density at radius 2 is 1.76 bits per heavy atom. The second-order valence-corrected chi connectivity index (χ2v) is 3.23. The molecule has 86 valence electrons. The maximum Gasteiger partial charge on any atom is 0.335 e. The van der Waals surface area contributed by atoms with Gasteiger partial charge >= 0.3 is 5.97 Å². The van der Waals surface area contributed by atoms with Crippen LogP contribution in [0.2, 0.25) is 0 Å². The van der Waals surface area contributed by atoms with Gasteiger partial charge in [0.1, 0.15) is 5.75 Å². The van der Waals surface area contributed by atoms with Gasteiger partial charge in [-0.15, -0.1) is 0 Å². The molecule has 4 nitrogen and oxygen atoms in total. The first-order valence-corrected chi connectivity index (χ1v) is 4.77. The third-order valence-electron chi connectivity index (χ3n) is 2.29. The molecule has 0 aromatic heterocycles. The van der Waals surface area contributed by atoms with E-state index in [0.29, 0.717) is 5.56 Å². The maximum atomic E-state index is 10.7. The fourth-order valence-corrected chi connectivity index (χ4v) is 1.48. The van der Waals surface area contributed by atoms with E-state index in [9.17, 15) is 4.79 Å². The summed E-state index contributed by atoms with van der Waals surface area (Å²) < 4.78 is 5.08. The van der Waals surface area contributed by atoms with Crippen LogP contribution in [0.15, 0.2) is 36.4 Å². The number of nitrogens with zero attached hydrogens (tertiary/aromatic N) is 1. The highest BCUT2D eigenvalue weighted by Crippen LogP contribution is 2.21. The van der Waals surface area contributed by atoms with Gasteiger partial charge in [0.25, 0.3) is 0 Å². The van der Waals surface area contributed by atoms with Crippen molar-refractivity contribution in [2.75, 3.05) is 7.11 Å². The summed E-state index contributed by atoms with van der Waals surface area (Å²) in [4.78, 5) is 10.7. The highest BCUT2D eigenvalue weighted by Gasteiger charge is 2.03. The normalized spacial score (nSPS) is 9.12. The van der Waals surface area contributed by atoms with Gasteiger partial charge in [0.05, 0.1) is 12.7 Å². The molecule has 0 aliphatic carbocycles. The number of ether oxygens (including phenoxy) is 1. The third kappa shape index (κ3) is 2.73. The molecule has 0 saturated heterocycles. The smallest absolute Gasteiger partial charge is 0.335 e. The van der Waals surface area contributed by atoms with Gasteiger partial charge in [0, 0.05) is 6.57 Å². The predicted octanol–water partition coefficient (Wildman–Crippen LogP) is 2.69. The Balaban J connectivity index is 0.000000686. The van der Waals surface area contributed by atoms with Gasteiger partial charge in [-0.25, -0.2) is 10.1 Å². The number of hydrogen-bond acceptors (Lipinski definition) is 3. The second kappa shape index (κ2) is 5.52. The predicted molar refractivity (Wildman–Crippen MR) is 64.1 cm³/mol. The number of fused-ring (bicyclic) bond motifs is 1. The molecule has 1 N–H and O–H groups in total. The van der Waals surface area contributed by atoms with E-state index in [4.69, 9.17) is 15.1 Å². The number of benzene rings is 2. The van der Waals surface area contributed by atoms with Gasteiger partial charge in [0.15, 0.2) is 0 Å². The van der Waals surface area contributed by atoms with Gasteiger partial charge in [-0.2, -0.15) is 0 Å². The monoisotopic (exact) mass is 229 g/mol. The zero-order chi connectivity index (χ0) is 12.8. The van der Waals surface area contributed by atoms with Gasteiger partial charge in [-0.3, -0.25) is 0 Å². The van der Waals surface area contributed by atoms with Crippen molar-refractivity contribution in [3.8, 4) is 12.3 Å². The first-order valence-electron chi connectivity index (χ1n) is 4.77. The molecule has 0 saturated carbocycles. The van der Waals surface area contributed by atoms with Gasteiger partial charge in [-0.05, 0) is 35.0 Å². The summed E-state index contributed by atoms with van der Waals surface area (Å²) in [5, 5.41) is 17.2. The van der Waals surface area contributed by atoms with Gasteiger partial charge < -0.3 is 9.84 Å². The Kier molecular flexibility index (Phi) is 4.07. The lowest BCUT2D eigenvalue weighted by Crippen LogP contribution is -1.95. The van der Waals surface area contributed by atoms with Crippen molar-refractivity contribution >= 4 is 16.7 Å². The van der Waals surface area contributed by atoms with Gasteiger partial charge in [-0.1, -0.05) is 12.1 Å². The number of methoxy groups -OCH3 is 1. The summed E-state index contributed by atoms with van der Waals surface area (Å²) in [6, 6.07) is 10.6. The summed E-state index contributed by atoms with van der Waals surface area (Å²) in [7, 11) is 1.60. The van der Waals surface area contributed by atoms with Crippen LogP contribution in [0.4, 0.5) is 0 Å². The summed E-state index contributed by atoms with van der Waals surface area (Å²) in [6.45, 7) is 3.50. The minimum absolute atomic E-state index is 0.299. The third-order valence-corrected chi connectivity index (χ3v) is 2.29. The van der Waals surface area contributed by atoms with E-state index in [1.54, 1.807) is 25.3 Å². The van der Waals surface area contributed by atoms with Crippen LogP contribution in [0.5, 0.6) is 5.75 Å². The Morgan fingerprint density at radius 3 is 2.35 bits per heavy atom. The van der Waals surface area contributed by atoms with Crippen LogP contribution in [-0.2, 0) is 0 Å². The summed E-state index contributed by atoms with van der Waals surface area (Å²) in [5.74, 6) is -0.140. The SMILES string of the molecule is C#N.COc1ccc2cc(C(=O)O)ccc2c1. The maximum absolute atomic E-state index is 10.7. The minimum Gasteiger partial charge on any atom is -0.497 e. The van der Waals surface area contributed by atoms with E-state index in [-0.39, 0.29) is 0 Å². The van der Waals surface area contributed by atoms with Crippen molar-refractivity contribution < 1.29 is 14.6 Å². The Bertz CT molecular complexity index is 561. The lowest BCUT2D eigenvalue weighted by atomic mass is 10.1. The molecule has 4 heteroatoms. The average Bonchev–Trinajstić information content (AvgIpc) is 2.39. The summed E-state index contributed by atoms with van der Waals surface area (Å²) >= 11 is 0. The van der Waals surface area contributed by atoms with Gasteiger partial charge in [0.2, 0.25) is 0 Å². The lowest BCUT2D eigenvalue weighted by Gasteiger charge is -2.03. The number of carboxylic acids is 1. The number of rotatable bonds is 2. The van der Waals surface area contributed by atoms with Crippen molar-refractivity contribution in [1.82, 2.24) is 0 Å². The Hall–Kier alpha value is -2.54. The molecule has 0 fully saturated rings. The standard InChI is InChI=1S/C12H10O3.CHN/c1-15-11-5-4-8-6-10(12(13)14)3-2-9(8)7-11;1-2/h2-7H,1H3,(H,13,14);1H. The van der Waals surface area contributed by atoms with E-state index >= 15 is 0 Å². The average molecular weight is 229 g/mol. The fraction of sp³-hybridized carbons (Fsp3) is 0.0769. The van der Waals surface area contributed by atoms with Crippen LogP contribution < -0.4 is 4.74 Å². The largest absolute Gasteiger partial charge is 0.497 e. The zero-order valence-corrected chi connectivity index (χ0v) is 9.25. The Morgan fingerprint density at radius 1 is 1.18 bits per heavy atom. The molecule has 0 atom stereocenters. The first-order chi connectivity index (χ1) is 8.20. The second-order valence-electron chi connectivity index (χ2n) is 3.23. The molecule has 2 aromatic rings. The van der Waals surface area contributed by atoms with Crippen LogP contribution in [0.1, 0.15) is 10.4 Å². The molecule has 0 heterocycles. The minimum atomic E-state index is -0.910. The summed E-state index contributed by atoms with van der Waals surface area (Å²) in [5.41, 5.74) is 0.299. The van der Waals surface area contributed by atoms with Crippen LogP contribution >= 0.6 is 0 Å². The van der Waals surface area contributed by atoms with Crippen LogP contribution in [-0.4, -0.2) is 18.2 Å². The topological polar surface area (TPSA) is 70.3 Å². The van der Waals surface area contributed by atoms with E-state index < -0.39 is 5.97 Å². The highest BCUT2D eigenvalue weighted by molar-refractivity contribution is 5.94. The first kappa shape index (κ1) is 12.5. The lowest BCUT2D eigenvalue weighted by molar-refractivity contribution is 0.0697. The van der Waals surface area contributed by atoms with Crippen LogP contribution in [0, 0.1) is 11.8 Å². The van der Waals surface area contributed by atoms with Crippen molar-refractivity contribution in [1.29, 1.82) is 5.26 Å². The molecule has 0 unspecified atom stereocenters. The van der Waals surface area contributed by atoms with E-state index in [1.165, 1.54) is 0 Å².